The van der Waals surface area contributed by atoms with Gasteiger partial charge >= 0.3 is 11.9 Å². The number of halogens is 1. The quantitative estimate of drug-likeness (QED) is 0.127. The minimum atomic E-state index is -0.383. The molecule has 0 amide bonds. The van der Waals surface area contributed by atoms with E-state index < -0.39 is 0 Å². The second-order valence-corrected chi connectivity index (χ2v) is 14.2. The van der Waals surface area contributed by atoms with Crippen LogP contribution in [0, 0.1) is 44.3 Å². The molecule has 45 heavy (non-hydrogen) atoms. The molecule has 4 bridgehead atoms. The summed E-state index contributed by atoms with van der Waals surface area (Å²) < 4.78 is 40.9. The van der Waals surface area contributed by atoms with E-state index in [-0.39, 0.29) is 120 Å². The fraction of sp³-hybridized carbons (Fsp3) is 0.812. The predicted octanol–water partition coefficient (Wildman–Crippen LogP) is 4.47. The second-order valence-electron chi connectivity index (χ2n) is 13.0. The van der Waals surface area contributed by atoms with Crippen molar-refractivity contribution in [3.8, 4) is 0 Å². The Morgan fingerprint density at radius 1 is 0.933 bits per heavy atom. The Bertz CT molecular complexity index is 1190. The summed E-state index contributed by atoms with van der Waals surface area (Å²) in [5, 5.41) is 0. The Kier molecular flexibility index (Phi) is 13.1. The molecule has 6 rings (SSSR count). The Balaban J connectivity index is 0.000000233. The van der Waals surface area contributed by atoms with Crippen molar-refractivity contribution in [1.82, 2.24) is 0 Å². The molecule has 2 aliphatic carbocycles. The van der Waals surface area contributed by atoms with Crippen molar-refractivity contribution in [1.29, 1.82) is 1.34 Å². The van der Waals surface area contributed by atoms with Crippen LogP contribution in [0.15, 0.2) is 12.2 Å². The van der Waals surface area contributed by atoms with E-state index in [4.69, 9.17) is 42.9 Å². The minimum absolute atomic E-state index is 0. The number of fused-ring (bicyclic) bond motifs is 2. The van der Waals surface area contributed by atoms with Crippen LogP contribution < -0.4 is 0 Å². The van der Waals surface area contributed by atoms with Gasteiger partial charge in [0.2, 0.25) is 12.1 Å². The minimum Gasteiger partial charge on any atom is -0.459 e. The molecule has 13 atom stereocenters. The predicted molar refractivity (Wildman–Crippen MR) is 166 cm³/mol. The van der Waals surface area contributed by atoms with Gasteiger partial charge in [-0.1, -0.05) is 22.0 Å². The molecular weight excluding hydrogens is 869 g/mol. The molecule has 4 saturated heterocycles. The SMILES string of the molecule is [2H][B].[C-]#[N+][C@H](C)C[C@H]1CC[C@@H]2O[C@@H]3C[C@]2(C=C[C@H]3OC(C)=O)O1.[C-]#[N+][C@H](C)C[C@H]1CC[C@@H]2O[C@@H]3C[C@]2(C[C@H](Br)[C@H]3OC(C)=O)O1.[U]. The van der Waals surface area contributed by atoms with Crippen molar-refractivity contribution in [2.75, 3.05) is 0 Å². The molecule has 5 fully saturated rings. The standard InChI is InChI=1S/C16H22BrNO4.C16H21NO4.BH.U/c1-9(18-3)6-11-4-5-14-16(22-11)7-12(17)15(20-10(2)19)13(8-16)21-14;1-10(17-3)8-12-4-5-15-16(21-12)7-6-13(19-11(2)18)14(9-16)20-15;;/h9,11-15H,4-8H2,1-2H3;6-7,10,12-15H,4-5,8-9H2,1-2H3;1H;/t9-,11-,12+,13-,14+,15-,16+;10-,12-,13-,14-,15+,16+;;/m11../s1/i;;1D;. The van der Waals surface area contributed by atoms with Gasteiger partial charge in [0.25, 0.3) is 0 Å². The molecule has 13 heteroatoms. The van der Waals surface area contributed by atoms with Crippen molar-refractivity contribution in [2.24, 2.45) is 0 Å². The van der Waals surface area contributed by atoms with Gasteiger partial charge in [0.1, 0.15) is 23.9 Å². The van der Waals surface area contributed by atoms with Gasteiger partial charge in [-0.25, -0.2) is 13.1 Å². The summed E-state index contributed by atoms with van der Waals surface area (Å²) >= 11 is 3.66. The summed E-state index contributed by atoms with van der Waals surface area (Å²) in [7, 11) is 3.75. The molecule has 0 unspecified atom stereocenters. The molecule has 4 aliphatic heterocycles. The first-order valence-corrected chi connectivity index (χ1v) is 16.4. The molecule has 0 aromatic heterocycles. The Morgan fingerprint density at radius 2 is 1.51 bits per heavy atom. The molecule has 0 aromatic carbocycles. The Morgan fingerprint density at radius 3 is 2.11 bits per heavy atom. The maximum absolute atomic E-state index is 11.3. The van der Waals surface area contributed by atoms with Crippen LogP contribution in [-0.4, -0.2) is 98.6 Å². The molecule has 10 nitrogen and oxygen atoms in total. The number of rotatable bonds is 6. The molecule has 2 spiro atoms. The first kappa shape index (κ1) is 36.9. The fourth-order valence-corrected chi connectivity index (χ4v) is 8.77. The van der Waals surface area contributed by atoms with Gasteiger partial charge in [0.15, 0.2) is 0 Å². The van der Waals surface area contributed by atoms with E-state index >= 15 is 0 Å². The van der Waals surface area contributed by atoms with Crippen molar-refractivity contribution in [3.05, 3.63) is 35.0 Å². The monoisotopic (exact) mass is 913 g/mol. The number of nitrogens with zero attached hydrogens (tertiary/aromatic N) is 2. The van der Waals surface area contributed by atoms with Crippen LogP contribution in [-0.2, 0) is 38.0 Å². The number of alkyl halides is 1. The number of carbonyl (C=O) groups is 2. The molecule has 6 aliphatic rings. The number of ether oxygens (including phenoxy) is 6. The normalized spacial score (nSPS) is 41.6. The zero-order valence-corrected chi connectivity index (χ0v) is 32.2. The van der Waals surface area contributed by atoms with Crippen LogP contribution in [0.1, 0.15) is 85.5 Å². The van der Waals surface area contributed by atoms with Gasteiger partial charge in [-0.15, -0.1) is 0 Å². The van der Waals surface area contributed by atoms with Gasteiger partial charge < -0.3 is 38.1 Å². The second kappa shape index (κ2) is 16.0. The van der Waals surface area contributed by atoms with E-state index in [1.54, 1.807) is 0 Å². The van der Waals surface area contributed by atoms with Crippen LogP contribution in [0.3, 0.4) is 0 Å². The van der Waals surface area contributed by atoms with Gasteiger partial charge in [0.05, 0.1) is 40.9 Å². The fourth-order valence-electron chi connectivity index (χ4n) is 7.77. The third-order valence-corrected chi connectivity index (χ3v) is 10.5. The zero-order chi connectivity index (χ0) is 32.9. The first-order valence-electron chi connectivity index (χ1n) is 16.1. The largest absolute Gasteiger partial charge is 0.459 e. The van der Waals surface area contributed by atoms with Crippen molar-refractivity contribution < 1.29 is 69.1 Å². The van der Waals surface area contributed by atoms with Crippen LogP contribution in [0.4, 0.5) is 0 Å². The van der Waals surface area contributed by atoms with Gasteiger partial charge in [0, 0.05) is 92.9 Å². The van der Waals surface area contributed by atoms with E-state index in [1.807, 2.05) is 26.0 Å². The average molecular weight is 914 g/mol. The zero-order valence-electron chi connectivity index (χ0n) is 27.5. The van der Waals surface area contributed by atoms with Crippen molar-refractivity contribution in [2.45, 2.75) is 162 Å². The maximum Gasteiger partial charge on any atom is 0.303 e. The number of esters is 2. The smallest absolute Gasteiger partial charge is 0.303 e. The number of hydrogen-bond donors (Lipinski definition) is 0. The van der Waals surface area contributed by atoms with Crippen molar-refractivity contribution >= 4 is 36.2 Å². The summed E-state index contributed by atoms with van der Waals surface area (Å²) in [5.74, 6) is -0.558. The molecule has 0 aromatic rings. The van der Waals surface area contributed by atoms with Gasteiger partial charge in [-0.05, 0) is 39.5 Å². The van der Waals surface area contributed by atoms with Crippen molar-refractivity contribution in [3.63, 3.8) is 0 Å². The first-order chi connectivity index (χ1) is 21.5. The summed E-state index contributed by atoms with van der Waals surface area (Å²) in [4.78, 5) is 29.6. The average Bonchev–Trinajstić information content (AvgIpc) is 3.49. The van der Waals surface area contributed by atoms with Gasteiger partial charge in [-0.2, -0.15) is 0 Å². The molecule has 4 heterocycles. The van der Waals surface area contributed by atoms with E-state index in [2.05, 4.69) is 34.0 Å². The van der Waals surface area contributed by atoms with E-state index in [0.29, 0.717) is 0 Å². The van der Waals surface area contributed by atoms with Crippen LogP contribution in [0.25, 0.3) is 9.69 Å². The van der Waals surface area contributed by atoms with E-state index in [1.165, 1.54) is 13.8 Å². The topological polar surface area (TPSA) is 98.2 Å². The Hall–Kier alpha value is -0.903. The summed E-state index contributed by atoms with van der Waals surface area (Å²) in [6.45, 7) is 20.9. The summed E-state index contributed by atoms with van der Waals surface area (Å²) in [6.07, 6.45) is 11.1. The molecule has 0 N–H and O–H groups in total. The van der Waals surface area contributed by atoms with Crippen LogP contribution in [0.5, 0.6) is 0 Å². The van der Waals surface area contributed by atoms with Crippen LogP contribution in [0.2, 0.25) is 0 Å². The molecule has 2 radical (unpaired) electrons. The van der Waals surface area contributed by atoms with E-state index in [0.717, 1.165) is 57.8 Å². The molecular formula is C32H44BBrN2O8U. The molecule has 1 saturated carbocycles. The summed E-state index contributed by atoms with van der Waals surface area (Å²) in [6, 6.07) is -0.0179. The van der Waals surface area contributed by atoms with Crippen LogP contribution >= 0.6 is 15.9 Å². The van der Waals surface area contributed by atoms with Gasteiger partial charge in [-0.3, -0.25) is 9.59 Å². The number of carbonyl (C=O) groups excluding carboxylic acids is 2. The third kappa shape index (κ3) is 8.58. The molecule has 244 valence electrons. The Labute approximate surface area is 302 Å². The third-order valence-electron chi connectivity index (χ3n) is 9.62. The van der Waals surface area contributed by atoms with E-state index in [9.17, 15) is 9.59 Å². The maximum atomic E-state index is 11.3. The summed E-state index contributed by atoms with van der Waals surface area (Å²) in [5.41, 5.74) is -0.661. The number of hydrogen-bond acceptors (Lipinski definition) is 8.